The fraction of sp³-hybridized carbons (Fsp3) is 0.938. The highest BCUT2D eigenvalue weighted by molar-refractivity contribution is 7.99. The summed E-state index contributed by atoms with van der Waals surface area (Å²) >= 11 is 2.00. The monoisotopic (exact) mass is 301 g/mol. The first-order valence-electron chi connectivity index (χ1n) is 8.23. The summed E-state index contributed by atoms with van der Waals surface area (Å²) in [4.78, 5) is 11.7. The summed E-state index contributed by atoms with van der Waals surface area (Å²) in [7, 11) is 0. The second kappa shape index (κ2) is 9.67. The average molecular weight is 301 g/mol. The van der Waals surface area contributed by atoms with E-state index in [0.717, 1.165) is 44.4 Å². The Kier molecular flexibility index (Phi) is 8.62. The minimum Gasteiger partial charge on any atom is -0.480 e. The van der Waals surface area contributed by atoms with Crippen molar-refractivity contribution in [3.8, 4) is 0 Å². The predicted molar refractivity (Wildman–Crippen MR) is 87.5 cm³/mol. The normalized spacial score (nSPS) is 26.0. The van der Waals surface area contributed by atoms with E-state index >= 15 is 0 Å². The summed E-state index contributed by atoms with van der Waals surface area (Å²) in [5, 5.41) is 13.0. The maximum atomic E-state index is 11.7. The fourth-order valence-corrected chi connectivity index (χ4v) is 4.25. The van der Waals surface area contributed by atoms with Gasteiger partial charge in [0.25, 0.3) is 0 Å². The van der Waals surface area contributed by atoms with Crippen LogP contribution in [0.25, 0.3) is 0 Å². The number of carboxylic acids is 1. The topological polar surface area (TPSA) is 49.3 Å². The number of aliphatic carboxylic acids is 1. The van der Waals surface area contributed by atoms with Crippen molar-refractivity contribution in [1.82, 2.24) is 5.32 Å². The lowest BCUT2D eigenvalue weighted by molar-refractivity contribution is -0.146. The molecule has 1 aliphatic carbocycles. The predicted octanol–water partition coefficient (Wildman–Crippen LogP) is 3.92. The van der Waals surface area contributed by atoms with E-state index in [4.69, 9.17) is 0 Å². The van der Waals surface area contributed by atoms with Crippen molar-refractivity contribution in [2.24, 2.45) is 5.92 Å². The van der Waals surface area contributed by atoms with Crippen LogP contribution in [-0.4, -0.2) is 34.7 Å². The molecule has 3 nitrogen and oxygen atoms in total. The van der Waals surface area contributed by atoms with Gasteiger partial charge in [0, 0.05) is 0 Å². The Hall–Kier alpha value is -0.220. The van der Waals surface area contributed by atoms with Crippen LogP contribution in [0.15, 0.2) is 0 Å². The molecular formula is C16H31NO2S. The fourth-order valence-electron chi connectivity index (χ4n) is 3.19. The number of rotatable bonds is 11. The Bertz CT molecular complexity index is 286. The van der Waals surface area contributed by atoms with Crippen molar-refractivity contribution in [2.75, 3.05) is 18.1 Å². The van der Waals surface area contributed by atoms with E-state index in [-0.39, 0.29) is 0 Å². The molecular weight excluding hydrogens is 270 g/mol. The molecule has 2 N–H and O–H groups in total. The van der Waals surface area contributed by atoms with Gasteiger partial charge >= 0.3 is 5.97 Å². The summed E-state index contributed by atoms with van der Waals surface area (Å²) in [6.45, 7) is 5.13. The highest BCUT2D eigenvalue weighted by Gasteiger charge is 2.48. The van der Waals surface area contributed by atoms with Crippen LogP contribution in [-0.2, 0) is 4.79 Å². The average Bonchev–Trinajstić information content (AvgIpc) is 2.84. The van der Waals surface area contributed by atoms with Crippen LogP contribution in [0, 0.1) is 5.92 Å². The van der Waals surface area contributed by atoms with Crippen molar-refractivity contribution in [3.63, 3.8) is 0 Å². The van der Waals surface area contributed by atoms with Gasteiger partial charge < -0.3 is 10.4 Å². The molecule has 0 spiro atoms. The van der Waals surface area contributed by atoms with Gasteiger partial charge in [0.15, 0.2) is 0 Å². The zero-order valence-corrected chi connectivity index (χ0v) is 13.9. The molecule has 0 aromatic rings. The number of unbranched alkanes of at least 4 members (excludes halogenated alkanes) is 2. The molecule has 0 aromatic heterocycles. The molecule has 20 heavy (non-hydrogen) atoms. The molecule has 0 bridgehead atoms. The van der Waals surface area contributed by atoms with E-state index < -0.39 is 11.5 Å². The Morgan fingerprint density at radius 1 is 1.30 bits per heavy atom. The maximum absolute atomic E-state index is 11.7. The van der Waals surface area contributed by atoms with E-state index in [9.17, 15) is 9.90 Å². The van der Waals surface area contributed by atoms with Gasteiger partial charge in [-0.25, -0.2) is 0 Å². The van der Waals surface area contributed by atoms with Crippen LogP contribution in [0.5, 0.6) is 0 Å². The first-order valence-corrected chi connectivity index (χ1v) is 9.39. The number of carboxylic acid groups (broad SMARTS) is 1. The lowest BCUT2D eigenvalue weighted by Gasteiger charge is -2.32. The molecule has 1 saturated carbocycles. The third-order valence-electron chi connectivity index (χ3n) is 4.40. The Morgan fingerprint density at radius 2 is 2.10 bits per heavy atom. The summed E-state index contributed by atoms with van der Waals surface area (Å²) in [6, 6.07) is 0. The summed E-state index contributed by atoms with van der Waals surface area (Å²) < 4.78 is 0. The van der Waals surface area contributed by atoms with Crippen molar-refractivity contribution in [1.29, 1.82) is 0 Å². The third-order valence-corrected chi connectivity index (χ3v) is 5.50. The molecule has 0 aromatic carbocycles. The van der Waals surface area contributed by atoms with Crippen LogP contribution in [0.1, 0.15) is 65.2 Å². The molecule has 0 saturated heterocycles. The second-order valence-electron chi connectivity index (χ2n) is 5.90. The van der Waals surface area contributed by atoms with Gasteiger partial charge in [-0.15, -0.1) is 0 Å². The minimum atomic E-state index is -0.639. The molecule has 0 heterocycles. The summed E-state index contributed by atoms with van der Waals surface area (Å²) in [5.74, 6) is 2.01. The number of hydrogen-bond acceptors (Lipinski definition) is 3. The van der Waals surface area contributed by atoms with Crippen LogP contribution >= 0.6 is 11.8 Å². The first-order chi connectivity index (χ1) is 9.67. The Balaban J connectivity index is 2.39. The summed E-state index contributed by atoms with van der Waals surface area (Å²) in [5.41, 5.74) is -0.639. The molecule has 4 heteroatoms. The lowest BCUT2D eigenvalue weighted by atomic mass is 9.85. The van der Waals surface area contributed by atoms with Gasteiger partial charge in [0.2, 0.25) is 0 Å². The number of hydrogen-bond donors (Lipinski definition) is 2. The van der Waals surface area contributed by atoms with Gasteiger partial charge in [-0.1, -0.05) is 33.1 Å². The molecule has 1 aliphatic rings. The van der Waals surface area contributed by atoms with Gasteiger partial charge in [0.1, 0.15) is 5.54 Å². The molecule has 0 aliphatic heterocycles. The number of carbonyl (C=O) groups is 1. The van der Waals surface area contributed by atoms with E-state index in [2.05, 4.69) is 19.2 Å². The van der Waals surface area contributed by atoms with Crippen LogP contribution < -0.4 is 5.32 Å². The Morgan fingerprint density at radius 3 is 2.75 bits per heavy atom. The zero-order valence-electron chi connectivity index (χ0n) is 13.1. The number of thioether (sulfide) groups is 1. The highest BCUT2D eigenvalue weighted by Crippen LogP contribution is 2.39. The van der Waals surface area contributed by atoms with Crippen molar-refractivity contribution in [3.05, 3.63) is 0 Å². The summed E-state index contributed by atoms with van der Waals surface area (Å²) in [6.07, 6.45) is 8.83. The SMILES string of the molecule is CCCCCSCCC1CCCC1(NCCC)C(=O)O. The van der Waals surface area contributed by atoms with Crippen LogP contribution in [0.2, 0.25) is 0 Å². The first kappa shape index (κ1) is 17.8. The van der Waals surface area contributed by atoms with Gasteiger partial charge in [-0.2, -0.15) is 11.8 Å². The van der Waals surface area contributed by atoms with Crippen LogP contribution in [0.4, 0.5) is 0 Å². The molecule has 2 atom stereocenters. The van der Waals surface area contributed by atoms with Crippen LogP contribution in [0.3, 0.4) is 0 Å². The molecule has 0 radical (unpaired) electrons. The molecule has 1 fully saturated rings. The lowest BCUT2D eigenvalue weighted by Crippen LogP contribution is -2.55. The van der Waals surface area contributed by atoms with Crippen molar-refractivity contribution in [2.45, 2.75) is 70.8 Å². The number of nitrogens with one attached hydrogen (secondary N) is 1. The maximum Gasteiger partial charge on any atom is 0.324 e. The molecule has 2 unspecified atom stereocenters. The minimum absolute atomic E-state index is 0.310. The molecule has 1 rings (SSSR count). The highest BCUT2D eigenvalue weighted by atomic mass is 32.2. The standard InChI is InChI=1S/C16H31NO2S/c1-3-5-6-12-20-13-9-14-8-7-10-16(14,15(18)19)17-11-4-2/h14,17H,3-13H2,1-2H3,(H,18,19). The van der Waals surface area contributed by atoms with Crippen molar-refractivity contribution >= 4 is 17.7 Å². The quantitative estimate of drug-likeness (QED) is 0.568. The molecule has 118 valence electrons. The van der Waals surface area contributed by atoms with E-state index in [1.165, 1.54) is 25.0 Å². The van der Waals surface area contributed by atoms with Gasteiger partial charge in [-0.05, 0) is 56.1 Å². The zero-order chi connectivity index (χ0) is 14.8. The third kappa shape index (κ3) is 4.96. The molecule has 0 amide bonds. The van der Waals surface area contributed by atoms with Gasteiger partial charge in [0.05, 0.1) is 0 Å². The second-order valence-corrected chi connectivity index (χ2v) is 7.13. The Labute approximate surface area is 128 Å². The van der Waals surface area contributed by atoms with Gasteiger partial charge in [-0.3, -0.25) is 4.79 Å². The van der Waals surface area contributed by atoms with Crippen molar-refractivity contribution < 1.29 is 9.90 Å². The van der Waals surface area contributed by atoms with E-state index in [0.29, 0.717) is 5.92 Å². The van der Waals surface area contributed by atoms with E-state index in [1.54, 1.807) is 0 Å². The largest absolute Gasteiger partial charge is 0.480 e. The van der Waals surface area contributed by atoms with E-state index in [1.807, 2.05) is 11.8 Å². The smallest absolute Gasteiger partial charge is 0.324 e.